The Hall–Kier alpha value is -2.63. The van der Waals surface area contributed by atoms with Crippen molar-refractivity contribution < 1.29 is 17.4 Å². The molecule has 1 aromatic carbocycles. The molecule has 1 atom stereocenters. The van der Waals surface area contributed by atoms with E-state index in [1.807, 2.05) is 43.0 Å². The van der Waals surface area contributed by atoms with E-state index >= 15 is 0 Å². The van der Waals surface area contributed by atoms with Crippen LogP contribution in [0.1, 0.15) is 30.9 Å². The molecule has 2 aliphatic rings. The number of rotatable bonds is 5. The van der Waals surface area contributed by atoms with E-state index in [-0.39, 0.29) is 5.56 Å². The number of piperazine rings is 1. The maximum absolute atomic E-state index is 12.7. The topological polar surface area (TPSA) is 83.6 Å². The summed E-state index contributed by atoms with van der Waals surface area (Å²) in [5.74, 6) is 0.760. The van der Waals surface area contributed by atoms with Gasteiger partial charge in [-0.25, -0.2) is 0 Å². The van der Waals surface area contributed by atoms with E-state index in [0.29, 0.717) is 31.6 Å². The van der Waals surface area contributed by atoms with Crippen molar-refractivity contribution in [3.05, 3.63) is 62.4 Å². The molecule has 0 amide bonds. The summed E-state index contributed by atoms with van der Waals surface area (Å²) in [6.45, 7) is 7.62. The number of allylic oxidation sites excluding steroid dienone is 3. The van der Waals surface area contributed by atoms with E-state index in [2.05, 4.69) is 24.1 Å². The molecule has 218 valence electrons. The van der Waals surface area contributed by atoms with Gasteiger partial charge in [-0.1, -0.05) is 17.7 Å². The van der Waals surface area contributed by atoms with Crippen molar-refractivity contribution in [1.82, 2.24) is 14.8 Å². The quantitative estimate of drug-likeness (QED) is 0.568. The molecule has 1 aromatic heterocycles. The van der Waals surface area contributed by atoms with Crippen molar-refractivity contribution in [2.45, 2.75) is 39.8 Å². The second-order valence-electron chi connectivity index (χ2n) is 9.56. The smallest absolute Gasteiger partial charge is 0.388 e. The van der Waals surface area contributed by atoms with Gasteiger partial charge in [0.15, 0.2) is 0 Å². The molecule has 39 heavy (non-hydrogen) atoms. The van der Waals surface area contributed by atoms with Crippen LogP contribution in [0.4, 0.5) is 19.0 Å². The lowest BCUT2D eigenvalue weighted by atomic mass is 10.0. The SMILES string of the molecule is CCNC1=C(S(C)=O)C=CCC1.CN.Cc1cc(C)c2cc(N3CCN(CC(F)(F)F)CC3)n(C)c(=O)c2c1. The van der Waals surface area contributed by atoms with Crippen molar-refractivity contribution in [1.29, 1.82) is 0 Å². The van der Waals surface area contributed by atoms with Crippen molar-refractivity contribution in [2.75, 3.05) is 57.5 Å². The number of hydrogen-bond donors (Lipinski definition) is 2. The number of alkyl halides is 3. The molecule has 0 spiro atoms. The molecular formula is C28H42F3N5O2S. The monoisotopic (exact) mass is 569 g/mol. The lowest BCUT2D eigenvalue weighted by Crippen LogP contribution is -2.50. The Morgan fingerprint density at radius 1 is 1.05 bits per heavy atom. The number of anilines is 1. The van der Waals surface area contributed by atoms with Crippen LogP contribution in [0.15, 0.2) is 45.7 Å². The van der Waals surface area contributed by atoms with Crippen molar-refractivity contribution in [3.8, 4) is 0 Å². The van der Waals surface area contributed by atoms with Crippen LogP contribution in [0.2, 0.25) is 0 Å². The molecule has 2 aromatic rings. The van der Waals surface area contributed by atoms with Gasteiger partial charge in [0.2, 0.25) is 0 Å². The van der Waals surface area contributed by atoms with Gasteiger partial charge in [-0.3, -0.25) is 18.5 Å². The molecular weight excluding hydrogens is 527 g/mol. The van der Waals surface area contributed by atoms with Gasteiger partial charge in [-0.15, -0.1) is 0 Å². The molecule has 1 unspecified atom stereocenters. The van der Waals surface area contributed by atoms with Crippen molar-refractivity contribution in [2.24, 2.45) is 12.8 Å². The fourth-order valence-corrected chi connectivity index (χ4v) is 5.66. The number of aromatic nitrogens is 1. The zero-order valence-electron chi connectivity index (χ0n) is 23.8. The fraction of sp³-hybridized carbons (Fsp3) is 0.536. The Labute approximate surface area is 232 Å². The van der Waals surface area contributed by atoms with Crippen LogP contribution >= 0.6 is 0 Å². The van der Waals surface area contributed by atoms with Gasteiger partial charge in [0.25, 0.3) is 5.56 Å². The Morgan fingerprint density at radius 3 is 2.26 bits per heavy atom. The molecule has 1 aliphatic heterocycles. The minimum atomic E-state index is -4.17. The highest BCUT2D eigenvalue weighted by Crippen LogP contribution is 2.25. The number of pyridine rings is 1. The first-order valence-corrected chi connectivity index (χ1v) is 14.7. The number of nitrogens with one attached hydrogen (secondary N) is 1. The molecule has 4 rings (SSSR count). The molecule has 1 aliphatic carbocycles. The molecule has 11 heteroatoms. The third kappa shape index (κ3) is 8.94. The summed E-state index contributed by atoms with van der Waals surface area (Å²) < 4.78 is 50.4. The minimum Gasteiger partial charge on any atom is -0.388 e. The Kier molecular flexibility index (Phi) is 12.3. The summed E-state index contributed by atoms with van der Waals surface area (Å²) in [5, 5.41) is 4.84. The normalized spacial score (nSPS) is 16.8. The van der Waals surface area contributed by atoms with Gasteiger partial charge >= 0.3 is 6.18 Å². The maximum atomic E-state index is 12.7. The zero-order valence-corrected chi connectivity index (χ0v) is 24.6. The van der Waals surface area contributed by atoms with Crippen molar-refractivity contribution in [3.63, 3.8) is 0 Å². The number of hydrogen-bond acceptors (Lipinski definition) is 6. The second-order valence-corrected chi connectivity index (χ2v) is 10.9. The summed E-state index contributed by atoms with van der Waals surface area (Å²) in [6, 6.07) is 5.90. The highest BCUT2D eigenvalue weighted by atomic mass is 32.2. The van der Waals surface area contributed by atoms with E-state index < -0.39 is 23.5 Å². The number of halogens is 3. The standard InChI is InChI=1S/C18H22F3N3O.C9H15NOS.CH5N/c1-12-8-13(2)14-10-16(22(3)17(25)15(14)9-12)24-6-4-23(5-7-24)11-18(19,20)21;1-3-10-8-6-4-5-7-9(8)12(2)11;1-2/h8-10H,4-7,11H2,1-3H3;5,7,10H,3-4,6H2,1-2H3;2H2,1H3. The fourth-order valence-electron chi connectivity index (χ4n) is 4.85. The first-order chi connectivity index (χ1) is 18.4. The van der Waals surface area contributed by atoms with Gasteiger partial charge in [0, 0.05) is 57.1 Å². The summed E-state index contributed by atoms with van der Waals surface area (Å²) >= 11 is 0. The average molecular weight is 570 g/mol. The van der Waals surface area contributed by atoms with Crippen LogP contribution in [-0.4, -0.2) is 72.4 Å². The summed E-state index contributed by atoms with van der Waals surface area (Å²) in [4.78, 5) is 17.1. The third-order valence-electron chi connectivity index (χ3n) is 6.61. The van der Waals surface area contributed by atoms with Gasteiger partial charge in [-0.05, 0) is 69.8 Å². The van der Waals surface area contributed by atoms with Gasteiger partial charge in [0.1, 0.15) is 5.82 Å². The van der Waals surface area contributed by atoms with Crippen LogP contribution in [-0.2, 0) is 17.8 Å². The summed E-state index contributed by atoms with van der Waals surface area (Å²) in [5.41, 5.74) is 7.65. The largest absolute Gasteiger partial charge is 0.401 e. The van der Waals surface area contributed by atoms with E-state index in [4.69, 9.17) is 0 Å². The van der Waals surface area contributed by atoms with E-state index in [9.17, 15) is 22.2 Å². The zero-order chi connectivity index (χ0) is 29.3. The first-order valence-electron chi connectivity index (χ1n) is 13.1. The molecule has 0 saturated carbocycles. The number of fused-ring (bicyclic) bond motifs is 1. The molecule has 1 fully saturated rings. The number of nitrogens with zero attached hydrogens (tertiary/aromatic N) is 3. The second kappa shape index (κ2) is 14.7. The predicted molar refractivity (Wildman–Crippen MR) is 157 cm³/mol. The average Bonchev–Trinajstić information content (AvgIpc) is 2.88. The third-order valence-corrected chi connectivity index (χ3v) is 7.61. The van der Waals surface area contributed by atoms with Gasteiger partial charge in [-0.2, -0.15) is 13.2 Å². The molecule has 3 N–H and O–H groups in total. The lowest BCUT2D eigenvalue weighted by molar-refractivity contribution is -0.146. The molecule has 2 heterocycles. The Balaban J connectivity index is 0.000000320. The highest BCUT2D eigenvalue weighted by molar-refractivity contribution is 7.88. The van der Waals surface area contributed by atoms with Crippen LogP contribution < -0.4 is 21.5 Å². The van der Waals surface area contributed by atoms with Crippen LogP contribution in [0, 0.1) is 13.8 Å². The highest BCUT2D eigenvalue weighted by Gasteiger charge is 2.32. The molecule has 0 radical (unpaired) electrons. The van der Waals surface area contributed by atoms with Gasteiger partial charge in [0.05, 0.1) is 22.2 Å². The predicted octanol–water partition coefficient (Wildman–Crippen LogP) is 3.95. The Bertz CT molecular complexity index is 1260. The Morgan fingerprint density at radius 2 is 1.69 bits per heavy atom. The van der Waals surface area contributed by atoms with E-state index in [1.54, 1.807) is 17.9 Å². The lowest BCUT2D eigenvalue weighted by Gasteiger charge is -2.37. The number of aryl methyl sites for hydroxylation is 2. The van der Waals surface area contributed by atoms with E-state index in [1.165, 1.54) is 11.9 Å². The van der Waals surface area contributed by atoms with Crippen LogP contribution in [0.5, 0.6) is 0 Å². The molecule has 0 bridgehead atoms. The van der Waals surface area contributed by atoms with Crippen LogP contribution in [0.25, 0.3) is 10.8 Å². The molecule has 7 nitrogen and oxygen atoms in total. The van der Waals surface area contributed by atoms with Gasteiger partial charge < -0.3 is 16.0 Å². The molecule has 1 saturated heterocycles. The maximum Gasteiger partial charge on any atom is 0.401 e. The number of nitrogens with two attached hydrogens (primary N) is 1. The minimum absolute atomic E-state index is 0.0722. The van der Waals surface area contributed by atoms with Crippen LogP contribution in [0.3, 0.4) is 0 Å². The van der Waals surface area contributed by atoms with E-state index in [0.717, 1.165) is 52.3 Å². The first kappa shape index (κ1) is 32.6. The number of benzene rings is 1. The summed E-state index contributed by atoms with van der Waals surface area (Å²) in [7, 11) is 2.37. The summed E-state index contributed by atoms with van der Waals surface area (Å²) in [6.07, 6.45) is 3.66. The van der Waals surface area contributed by atoms with Crippen molar-refractivity contribution >= 4 is 27.4 Å².